The maximum atomic E-state index is 12.2. The normalized spacial score (nSPS) is 11.2. The first-order valence-electron chi connectivity index (χ1n) is 9.58. The number of non-ortho nitro benzene ring substituents is 1. The Morgan fingerprint density at radius 2 is 1.62 bits per heavy atom. The highest BCUT2D eigenvalue weighted by atomic mass is 16.8. The summed E-state index contributed by atoms with van der Waals surface area (Å²) in [5.41, 5.74) is 0.658. The number of nitro benzene ring substituents is 1. The summed E-state index contributed by atoms with van der Waals surface area (Å²) in [4.78, 5) is 71.8. The fourth-order valence-electron chi connectivity index (χ4n) is 2.52. The van der Waals surface area contributed by atoms with Gasteiger partial charge >= 0.3 is 11.9 Å². The number of hydroxylamine groups is 4. The van der Waals surface area contributed by atoms with E-state index >= 15 is 0 Å². The molecule has 1 aromatic rings. The Morgan fingerprint density at radius 1 is 1.06 bits per heavy atom. The maximum absolute atomic E-state index is 12.2. The van der Waals surface area contributed by atoms with Crippen molar-refractivity contribution >= 4 is 29.8 Å². The highest BCUT2D eigenvalue weighted by molar-refractivity contribution is 6.29. The van der Waals surface area contributed by atoms with Gasteiger partial charge in [-0.05, 0) is 25.8 Å². The lowest BCUT2D eigenvalue weighted by Gasteiger charge is -2.27. The van der Waals surface area contributed by atoms with Crippen molar-refractivity contribution < 1.29 is 33.8 Å². The zero-order chi connectivity index (χ0) is 23.9. The molecule has 1 rings (SSSR count). The minimum Gasteiger partial charge on any atom is -0.359 e. The number of rotatable bonds is 13. The molecule has 0 bridgehead atoms. The number of nitrogens with zero attached hydrogens (tertiary/aromatic N) is 5. The van der Waals surface area contributed by atoms with Crippen LogP contribution in [0.1, 0.15) is 19.4 Å². The van der Waals surface area contributed by atoms with Gasteiger partial charge in [0.05, 0.1) is 31.1 Å². The summed E-state index contributed by atoms with van der Waals surface area (Å²) in [6.45, 7) is 3.66. The van der Waals surface area contributed by atoms with Crippen molar-refractivity contribution in [2.24, 2.45) is 9.98 Å². The standard InChI is InChI=1S/C19H23N5O8/c1-3-22(10-8-20-13-25)31-18(27)19(28)32-23(11-9-21-14-26)15(2)12-16-4-6-17(7-5-16)24(29)30/h4-7,15H,3,8-12H2,1-2H3. The lowest BCUT2D eigenvalue weighted by Crippen LogP contribution is -2.42. The topological polar surface area (TPSA) is 161 Å². The molecule has 172 valence electrons. The van der Waals surface area contributed by atoms with E-state index in [1.807, 2.05) is 0 Å². The molecule has 0 N–H and O–H groups in total. The molecule has 0 aliphatic carbocycles. The van der Waals surface area contributed by atoms with Crippen LogP contribution in [0.4, 0.5) is 5.69 Å². The van der Waals surface area contributed by atoms with Gasteiger partial charge in [0.25, 0.3) is 5.69 Å². The predicted molar refractivity (Wildman–Crippen MR) is 108 cm³/mol. The van der Waals surface area contributed by atoms with Gasteiger partial charge in [0.15, 0.2) is 0 Å². The second kappa shape index (κ2) is 14.3. The van der Waals surface area contributed by atoms with Gasteiger partial charge in [-0.2, -0.15) is 0 Å². The van der Waals surface area contributed by atoms with Gasteiger partial charge in [0.1, 0.15) is 0 Å². The van der Waals surface area contributed by atoms with Gasteiger partial charge in [0, 0.05) is 24.7 Å². The maximum Gasteiger partial charge on any atom is 0.438 e. The highest BCUT2D eigenvalue weighted by Crippen LogP contribution is 2.15. The van der Waals surface area contributed by atoms with E-state index in [-0.39, 0.29) is 38.4 Å². The molecule has 13 nitrogen and oxygen atoms in total. The summed E-state index contributed by atoms with van der Waals surface area (Å²) in [5, 5.41) is 13.1. The van der Waals surface area contributed by atoms with Gasteiger partial charge in [-0.3, -0.25) is 10.1 Å². The van der Waals surface area contributed by atoms with Crippen molar-refractivity contribution in [1.29, 1.82) is 0 Å². The Balaban J connectivity index is 2.79. The van der Waals surface area contributed by atoms with Gasteiger partial charge in [-0.1, -0.05) is 12.1 Å². The molecule has 1 unspecified atom stereocenters. The van der Waals surface area contributed by atoms with Gasteiger partial charge in [-0.25, -0.2) is 29.2 Å². The van der Waals surface area contributed by atoms with Crippen molar-refractivity contribution in [1.82, 2.24) is 10.1 Å². The summed E-state index contributed by atoms with van der Waals surface area (Å²) in [6, 6.07) is 5.35. The average Bonchev–Trinajstić information content (AvgIpc) is 2.78. The number of carbonyl (C=O) groups excluding carboxylic acids is 4. The molecule has 0 saturated heterocycles. The average molecular weight is 449 g/mol. The molecule has 32 heavy (non-hydrogen) atoms. The summed E-state index contributed by atoms with van der Waals surface area (Å²) >= 11 is 0. The van der Waals surface area contributed by atoms with Crippen molar-refractivity contribution in [3.8, 4) is 0 Å². The second-order valence-corrected chi connectivity index (χ2v) is 6.34. The summed E-state index contributed by atoms with van der Waals surface area (Å²) < 4.78 is 0. The monoisotopic (exact) mass is 449 g/mol. The summed E-state index contributed by atoms with van der Waals surface area (Å²) in [5.74, 6) is -2.58. The van der Waals surface area contributed by atoms with Crippen LogP contribution in [0.3, 0.4) is 0 Å². The molecule has 0 amide bonds. The number of benzene rings is 1. The van der Waals surface area contributed by atoms with Crippen LogP contribution in [0.5, 0.6) is 0 Å². The largest absolute Gasteiger partial charge is 0.438 e. The number of likely N-dealkylation sites (N-methyl/N-ethyl adjacent to an activating group) is 1. The summed E-state index contributed by atoms with van der Waals surface area (Å²) in [7, 11) is 0. The first-order chi connectivity index (χ1) is 15.3. The van der Waals surface area contributed by atoms with Crippen molar-refractivity contribution in [3.05, 3.63) is 39.9 Å². The first kappa shape index (κ1) is 26.3. The zero-order valence-electron chi connectivity index (χ0n) is 17.6. The molecule has 1 aromatic carbocycles. The van der Waals surface area contributed by atoms with Crippen LogP contribution in [0, 0.1) is 10.1 Å². The van der Waals surface area contributed by atoms with E-state index in [2.05, 4.69) is 9.98 Å². The van der Waals surface area contributed by atoms with Crippen LogP contribution < -0.4 is 0 Å². The number of hydrogen-bond acceptors (Lipinski definition) is 12. The van der Waals surface area contributed by atoms with Crippen molar-refractivity contribution in [2.75, 3.05) is 32.7 Å². The third-order valence-corrected chi connectivity index (χ3v) is 4.12. The Bertz CT molecular complexity index is 878. The van der Waals surface area contributed by atoms with Crippen molar-refractivity contribution in [3.63, 3.8) is 0 Å². The fraction of sp³-hybridized carbons (Fsp3) is 0.474. The minimum absolute atomic E-state index is 0.00600. The predicted octanol–water partition coefficient (Wildman–Crippen LogP) is 0.738. The quantitative estimate of drug-likeness (QED) is 0.138. The van der Waals surface area contributed by atoms with Crippen LogP contribution in [-0.4, -0.2) is 77.9 Å². The summed E-state index contributed by atoms with van der Waals surface area (Å²) in [6.07, 6.45) is 3.04. The van der Waals surface area contributed by atoms with Crippen molar-refractivity contribution in [2.45, 2.75) is 26.3 Å². The van der Waals surface area contributed by atoms with E-state index in [1.165, 1.54) is 29.4 Å². The van der Waals surface area contributed by atoms with E-state index in [1.54, 1.807) is 26.0 Å². The second-order valence-electron chi connectivity index (χ2n) is 6.34. The van der Waals surface area contributed by atoms with E-state index in [9.17, 15) is 29.3 Å². The Kier molecular flexibility index (Phi) is 11.7. The van der Waals surface area contributed by atoms with Crippen LogP contribution in [0.2, 0.25) is 0 Å². The highest BCUT2D eigenvalue weighted by Gasteiger charge is 2.27. The number of aliphatic imine (C=N–C) groups is 2. The zero-order valence-corrected chi connectivity index (χ0v) is 17.6. The molecule has 0 heterocycles. The van der Waals surface area contributed by atoms with E-state index < -0.39 is 22.9 Å². The molecule has 0 radical (unpaired) electrons. The van der Waals surface area contributed by atoms with E-state index in [4.69, 9.17) is 9.68 Å². The van der Waals surface area contributed by atoms with E-state index in [0.717, 1.165) is 10.6 Å². The SMILES string of the molecule is CCN(CCN=C=O)OC(=O)C(=O)ON(CCN=C=O)C(C)Cc1ccc([N+](=O)[O-])cc1. The lowest BCUT2D eigenvalue weighted by atomic mass is 10.1. The number of hydrogen-bond donors (Lipinski definition) is 0. The minimum atomic E-state index is -1.30. The molecule has 0 spiro atoms. The Morgan fingerprint density at radius 3 is 2.16 bits per heavy atom. The molecule has 0 aliphatic rings. The molecule has 1 atom stereocenters. The Hall–Kier alpha value is -3.76. The molecule has 0 fully saturated rings. The molecular formula is C19H23N5O8. The van der Waals surface area contributed by atoms with Crippen LogP contribution in [0.15, 0.2) is 34.3 Å². The molecule has 0 aromatic heterocycles. The molecule has 0 aliphatic heterocycles. The lowest BCUT2D eigenvalue weighted by molar-refractivity contribution is -0.384. The van der Waals surface area contributed by atoms with Gasteiger partial charge in [-0.15, -0.1) is 10.1 Å². The fourth-order valence-corrected chi connectivity index (χ4v) is 2.52. The van der Waals surface area contributed by atoms with Gasteiger partial charge in [0.2, 0.25) is 12.2 Å². The third-order valence-electron chi connectivity index (χ3n) is 4.12. The van der Waals surface area contributed by atoms with Crippen LogP contribution in [0.25, 0.3) is 0 Å². The third kappa shape index (κ3) is 9.37. The van der Waals surface area contributed by atoms with Crippen LogP contribution in [-0.2, 0) is 35.3 Å². The van der Waals surface area contributed by atoms with Gasteiger partial charge < -0.3 is 9.68 Å². The van der Waals surface area contributed by atoms with E-state index in [0.29, 0.717) is 6.42 Å². The number of isocyanates is 2. The molecule has 0 saturated carbocycles. The smallest absolute Gasteiger partial charge is 0.359 e. The first-order valence-corrected chi connectivity index (χ1v) is 9.58. The molecule has 13 heteroatoms. The molecular weight excluding hydrogens is 426 g/mol. The Labute approximate surface area is 183 Å². The number of nitro groups is 1. The van der Waals surface area contributed by atoms with Crippen LogP contribution >= 0.6 is 0 Å². The number of carbonyl (C=O) groups is 2.